The normalized spacial score (nSPS) is 11.5. The molecule has 0 saturated heterocycles. The molecule has 0 aliphatic carbocycles. The van der Waals surface area contributed by atoms with E-state index in [9.17, 15) is 13.2 Å². The first-order valence-electron chi connectivity index (χ1n) is 3.52. The van der Waals surface area contributed by atoms with E-state index in [2.05, 4.69) is 9.72 Å². The van der Waals surface area contributed by atoms with E-state index in [1.54, 1.807) is 22.6 Å². The van der Waals surface area contributed by atoms with Crippen LogP contribution in [-0.4, -0.2) is 11.3 Å². The van der Waals surface area contributed by atoms with E-state index in [-0.39, 0.29) is 12.3 Å². The zero-order chi connectivity index (χ0) is 10.8. The number of ether oxygens (including phenoxy) is 1. The number of hydrogen-bond donors (Lipinski definition) is 1. The third kappa shape index (κ3) is 2.98. The number of alkyl halides is 3. The van der Waals surface area contributed by atoms with Gasteiger partial charge in [-0.25, -0.2) is 0 Å². The van der Waals surface area contributed by atoms with Crippen molar-refractivity contribution in [1.82, 2.24) is 4.98 Å². The lowest BCUT2D eigenvalue weighted by molar-refractivity contribution is -0.275. The van der Waals surface area contributed by atoms with Crippen molar-refractivity contribution >= 4 is 22.6 Å². The van der Waals surface area contributed by atoms with Gasteiger partial charge in [-0.2, -0.15) is 0 Å². The molecule has 0 radical (unpaired) electrons. The second-order valence-electron chi connectivity index (χ2n) is 2.36. The smallest absolute Gasteiger partial charge is 0.403 e. The SMILES string of the molecule is NCc1cncc(OC(F)(F)F)c1I. The van der Waals surface area contributed by atoms with Gasteiger partial charge in [-0.15, -0.1) is 13.2 Å². The molecule has 1 aromatic rings. The molecule has 0 saturated carbocycles. The minimum Gasteiger partial charge on any atom is -0.403 e. The third-order valence-electron chi connectivity index (χ3n) is 1.37. The number of halogens is 4. The van der Waals surface area contributed by atoms with E-state index in [1.165, 1.54) is 6.20 Å². The van der Waals surface area contributed by atoms with Crippen molar-refractivity contribution in [3.8, 4) is 5.75 Å². The van der Waals surface area contributed by atoms with Gasteiger partial charge in [0.15, 0.2) is 5.75 Å². The summed E-state index contributed by atoms with van der Waals surface area (Å²) >= 11 is 1.74. The standard InChI is InChI=1S/C7H6F3IN2O/c8-7(9,10)14-5-3-13-2-4(1-12)6(5)11/h2-3H,1,12H2. The van der Waals surface area contributed by atoms with E-state index in [0.29, 0.717) is 9.13 Å². The molecular weight excluding hydrogens is 312 g/mol. The number of rotatable bonds is 2. The van der Waals surface area contributed by atoms with Crippen molar-refractivity contribution in [1.29, 1.82) is 0 Å². The Morgan fingerprint density at radius 1 is 1.43 bits per heavy atom. The predicted molar refractivity (Wildman–Crippen MR) is 51.5 cm³/mol. The lowest BCUT2D eigenvalue weighted by Crippen LogP contribution is -2.18. The Labute approximate surface area is 91.6 Å². The van der Waals surface area contributed by atoms with Crippen molar-refractivity contribution in [2.75, 3.05) is 0 Å². The molecule has 0 aliphatic rings. The van der Waals surface area contributed by atoms with Crippen LogP contribution in [0.2, 0.25) is 0 Å². The van der Waals surface area contributed by atoms with Crippen molar-refractivity contribution in [2.24, 2.45) is 5.73 Å². The summed E-state index contributed by atoms with van der Waals surface area (Å²) < 4.78 is 39.7. The molecular formula is C7H6F3IN2O. The first-order chi connectivity index (χ1) is 6.44. The fourth-order valence-corrected chi connectivity index (χ4v) is 1.41. The van der Waals surface area contributed by atoms with Crippen LogP contribution in [-0.2, 0) is 6.54 Å². The van der Waals surface area contributed by atoms with Gasteiger partial charge in [0.25, 0.3) is 0 Å². The van der Waals surface area contributed by atoms with Crippen molar-refractivity contribution in [2.45, 2.75) is 12.9 Å². The highest BCUT2D eigenvalue weighted by Gasteiger charge is 2.32. The van der Waals surface area contributed by atoms with Crippen LogP contribution in [0.25, 0.3) is 0 Å². The van der Waals surface area contributed by atoms with E-state index < -0.39 is 6.36 Å². The van der Waals surface area contributed by atoms with Crippen LogP contribution in [0.3, 0.4) is 0 Å². The van der Waals surface area contributed by atoms with Gasteiger partial charge in [-0.05, 0) is 22.6 Å². The summed E-state index contributed by atoms with van der Waals surface area (Å²) in [6.45, 7) is 0.125. The number of aromatic nitrogens is 1. The first-order valence-corrected chi connectivity index (χ1v) is 4.60. The fourth-order valence-electron chi connectivity index (χ4n) is 0.805. The zero-order valence-electron chi connectivity index (χ0n) is 6.81. The van der Waals surface area contributed by atoms with Gasteiger partial charge in [0.05, 0.1) is 9.77 Å². The molecule has 0 fully saturated rings. The highest BCUT2D eigenvalue weighted by molar-refractivity contribution is 14.1. The molecule has 0 aromatic carbocycles. The van der Waals surface area contributed by atoms with Gasteiger partial charge in [-0.1, -0.05) is 0 Å². The minimum atomic E-state index is -4.70. The highest BCUT2D eigenvalue weighted by Crippen LogP contribution is 2.28. The maximum Gasteiger partial charge on any atom is 0.573 e. The van der Waals surface area contributed by atoms with Crippen LogP contribution in [0, 0.1) is 3.57 Å². The minimum absolute atomic E-state index is 0.125. The largest absolute Gasteiger partial charge is 0.573 e. The Hall–Kier alpha value is -0.570. The van der Waals surface area contributed by atoms with E-state index in [0.717, 1.165) is 6.20 Å². The van der Waals surface area contributed by atoms with Gasteiger partial charge in [-0.3, -0.25) is 4.98 Å². The highest BCUT2D eigenvalue weighted by atomic mass is 127. The Bertz CT molecular complexity index is 329. The first kappa shape index (κ1) is 11.5. The molecule has 1 aromatic heterocycles. The molecule has 1 heterocycles. The number of pyridine rings is 1. The molecule has 0 aliphatic heterocycles. The molecule has 0 amide bonds. The molecule has 1 rings (SSSR count). The van der Waals surface area contributed by atoms with E-state index >= 15 is 0 Å². The third-order valence-corrected chi connectivity index (χ3v) is 2.59. The lowest BCUT2D eigenvalue weighted by Gasteiger charge is -2.11. The van der Waals surface area contributed by atoms with Crippen LogP contribution in [0.5, 0.6) is 5.75 Å². The fraction of sp³-hybridized carbons (Fsp3) is 0.286. The Morgan fingerprint density at radius 2 is 2.07 bits per heavy atom. The van der Waals surface area contributed by atoms with Gasteiger partial charge in [0.2, 0.25) is 0 Å². The number of nitrogens with two attached hydrogens (primary N) is 1. The van der Waals surface area contributed by atoms with E-state index in [1.807, 2.05) is 0 Å². The number of hydrogen-bond acceptors (Lipinski definition) is 3. The van der Waals surface area contributed by atoms with Crippen LogP contribution in [0.15, 0.2) is 12.4 Å². The summed E-state index contributed by atoms with van der Waals surface area (Å²) in [5.41, 5.74) is 5.82. The summed E-state index contributed by atoms with van der Waals surface area (Å²) in [6.07, 6.45) is -2.28. The maximum atomic E-state index is 11.9. The molecule has 0 spiro atoms. The Morgan fingerprint density at radius 3 is 2.57 bits per heavy atom. The van der Waals surface area contributed by atoms with Crippen molar-refractivity contribution in [3.63, 3.8) is 0 Å². The molecule has 0 bridgehead atoms. The zero-order valence-corrected chi connectivity index (χ0v) is 8.96. The van der Waals surface area contributed by atoms with Gasteiger partial charge < -0.3 is 10.5 Å². The van der Waals surface area contributed by atoms with Gasteiger partial charge in [0, 0.05) is 18.3 Å². The Balaban J connectivity index is 2.98. The summed E-state index contributed by atoms with van der Waals surface area (Å²) in [5.74, 6) is -0.318. The quantitative estimate of drug-likeness (QED) is 0.849. The molecule has 2 N–H and O–H groups in total. The average Bonchev–Trinajstić information content (AvgIpc) is 2.06. The topological polar surface area (TPSA) is 48.1 Å². The lowest BCUT2D eigenvalue weighted by atomic mass is 10.3. The monoisotopic (exact) mass is 318 g/mol. The Kier molecular flexibility index (Phi) is 3.53. The molecule has 0 atom stereocenters. The summed E-state index contributed by atoms with van der Waals surface area (Å²) in [4.78, 5) is 3.59. The molecule has 0 unspecified atom stereocenters. The maximum absolute atomic E-state index is 11.9. The van der Waals surface area contributed by atoms with Crippen molar-refractivity contribution < 1.29 is 17.9 Å². The molecule has 3 nitrogen and oxygen atoms in total. The average molecular weight is 318 g/mol. The summed E-state index contributed by atoms with van der Waals surface area (Å²) in [5, 5.41) is 0. The van der Waals surface area contributed by atoms with Crippen molar-refractivity contribution in [3.05, 3.63) is 21.5 Å². The molecule has 7 heteroatoms. The number of nitrogens with zero attached hydrogens (tertiary/aromatic N) is 1. The van der Waals surface area contributed by atoms with E-state index in [4.69, 9.17) is 5.73 Å². The van der Waals surface area contributed by atoms with Gasteiger partial charge in [0.1, 0.15) is 0 Å². The van der Waals surface area contributed by atoms with Crippen LogP contribution >= 0.6 is 22.6 Å². The predicted octanol–water partition coefficient (Wildman–Crippen LogP) is 2.04. The van der Waals surface area contributed by atoms with Crippen LogP contribution in [0.1, 0.15) is 5.56 Å². The van der Waals surface area contributed by atoms with Crippen LogP contribution in [0.4, 0.5) is 13.2 Å². The molecule has 78 valence electrons. The summed E-state index contributed by atoms with van der Waals surface area (Å²) in [6, 6.07) is 0. The summed E-state index contributed by atoms with van der Waals surface area (Å²) in [7, 11) is 0. The van der Waals surface area contributed by atoms with Crippen LogP contribution < -0.4 is 10.5 Å². The second-order valence-corrected chi connectivity index (χ2v) is 3.44. The van der Waals surface area contributed by atoms with Gasteiger partial charge >= 0.3 is 6.36 Å². The second kappa shape index (κ2) is 4.30. The molecule has 14 heavy (non-hydrogen) atoms.